The van der Waals surface area contributed by atoms with Crippen LogP contribution < -0.4 is 5.32 Å². The van der Waals surface area contributed by atoms with Crippen molar-refractivity contribution in [2.45, 2.75) is 0 Å². The van der Waals surface area contributed by atoms with Crippen molar-refractivity contribution < 1.29 is 9.90 Å². The van der Waals surface area contributed by atoms with Gasteiger partial charge in [-0.15, -0.1) is 11.3 Å². The van der Waals surface area contributed by atoms with Gasteiger partial charge >= 0.3 is 0 Å². The van der Waals surface area contributed by atoms with Crippen LogP contribution in [-0.4, -0.2) is 16.0 Å². The normalized spacial score (nSPS) is 10.5. The SMILES string of the molecule is O=C(Nc1ccccc1)c1sc2ncccc2c1O. The maximum Gasteiger partial charge on any atom is 0.269 e. The molecule has 4 nitrogen and oxygen atoms in total. The Kier molecular flexibility index (Phi) is 2.89. The number of pyridine rings is 1. The summed E-state index contributed by atoms with van der Waals surface area (Å²) in [6.07, 6.45) is 1.64. The maximum atomic E-state index is 12.1. The van der Waals surface area contributed by atoms with Crippen molar-refractivity contribution in [3.8, 4) is 5.75 Å². The number of benzene rings is 1. The van der Waals surface area contributed by atoms with Crippen molar-refractivity contribution in [1.82, 2.24) is 4.98 Å². The zero-order valence-corrected chi connectivity index (χ0v) is 10.6. The molecule has 1 aromatic carbocycles. The average molecular weight is 270 g/mol. The lowest BCUT2D eigenvalue weighted by atomic mass is 10.2. The van der Waals surface area contributed by atoms with Crippen LogP contribution in [0.4, 0.5) is 5.69 Å². The number of carbonyl (C=O) groups excluding carboxylic acids is 1. The first-order valence-corrected chi connectivity index (χ1v) is 6.50. The predicted octanol–water partition coefficient (Wildman–Crippen LogP) is 3.25. The molecule has 3 aromatic rings. The van der Waals surface area contributed by atoms with Gasteiger partial charge in [0.2, 0.25) is 0 Å². The van der Waals surface area contributed by atoms with Gasteiger partial charge in [0.1, 0.15) is 15.5 Å². The number of rotatable bonds is 2. The second-order valence-electron chi connectivity index (χ2n) is 3.96. The molecule has 0 aliphatic rings. The van der Waals surface area contributed by atoms with Crippen LogP contribution in [0, 0.1) is 0 Å². The number of anilines is 1. The van der Waals surface area contributed by atoms with Gasteiger partial charge in [-0.1, -0.05) is 18.2 Å². The molecular formula is C14H10N2O2S. The Bertz CT molecular complexity index is 738. The van der Waals surface area contributed by atoms with Gasteiger partial charge in [-0.25, -0.2) is 4.98 Å². The van der Waals surface area contributed by atoms with Crippen LogP contribution in [0.5, 0.6) is 5.75 Å². The highest BCUT2D eigenvalue weighted by molar-refractivity contribution is 7.21. The molecule has 0 radical (unpaired) electrons. The van der Waals surface area contributed by atoms with Gasteiger partial charge < -0.3 is 10.4 Å². The topological polar surface area (TPSA) is 62.2 Å². The number of para-hydroxylation sites is 1. The quantitative estimate of drug-likeness (QED) is 0.751. The second-order valence-corrected chi connectivity index (χ2v) is 4.96. The smallest absolute Gasteiger partial charge is 0.269 e. The first-order chi connectivity index (χ1) is 9.25. The van der Waals surface area contributed by atoms with E-state index < -0.39 is 0 Å². The van der Waals surface area contributed by atoms with Crippen LogP contribution in [-0.2, 0) is 0 Å². The number of nitrogens with one attached hydrogen (secondary N) is 1. The number of nitrogens with zero attached hydrogens (tertiary/aromatic N) is 1. The molecule has 0 unspecified atom stereocenters. The van der Waals surface area contributed by atoms with E-state index in [0.717, 1.165) is 0 Å². The zero-order valence-electron chi connectivity index (χ0n) is 9.83. The molecule has 0 fully saturated rings. The van der Waals surface area contributed by atoms with Crippen molar-refractivity contribution in [3.63, 3.8) is 0 Å². The monoisotopic (exact) mass is 270 g/mol. The number of amides is 1. The van der Waals surface area contributed by atoms with Crippen molar-refractivity contribution in [3.05, 3.63) is 53.5 Å². The predicted molar refractivity (Wildman–Crippen MR) is 75.7 cm³/mol. The summed E-state index contributed by atoms with van der Waals surface area (Å²) in [7, 11) is 0. The lowest BCUT2D eigenvalue weighted by Gasteiger charge is -2.02. The van der Waals surface area contributed by atoms with Crippen LogP contribution >= 0.6 is 11.3 Å². The fourth-order valence-corrected chi connectivity index (χ4v) is 2.71. The number of carbonyl (C=O) groups is 1. The molecule has 0 saturated carbocycles. The molecule has 0 atom stereocenters. The molecule has 3 rings (SSSR count). The lowest BCUT2D eigenvalue weighted by molar-refractivity contribution is 0.102. The first-order valence-electron chi connectivity index (χ1n) is 5.68. The Labute approximate surface area is 113 Å². The number of thiophene rings is 1. The molecule has 2 N–H and O–H groups in total. The minimum atomic E-state index is -0.327. The van der Waals surface area contributed by atoms with Gasteiger partial charge in [0, 0.05) is 11.9 Å². The van der Waals surface area contributed by atoms with Crippen LogP contribution in [0.2, 0.25) is 0 Å². The van der Waals surface area contributed by atoms with Crippen molar-refractivity contribution in [1.29, 1.82) is 0 Å². The summed E-state index contributed by atoms with van der Waals surface area (Å²) in [6.45, 7) is 0. The number of fused-ring (bicyclic) bond motifs is 1. The molecule has 19 heavy (non-hydrogen) atoms. The summed E-state index contributed by atoms with van der Waals surface area (Å²) in [5.41, 5.74) is 0.692. The fourth-order valence-electron chi connectivity index (χ4n) is 1.78. The number of hydrogen-bond acceptors (Lipinski definition) is 4. The van der Waals surface area contributed by atoms with E-state index in [-0.39, 0.29) is 16.5 Å². The molecule has 5 heteroatoms. The molecule has 2 aromatic heterocycles. The van der Waals surface area contributed by atoms with Crippen molar-refractivity contribution in [2.24, 2.45) is 0 Å². The lowest BCUT2D eigenvalue weighted by Crippen LogP contribution is -2.10. The number of aromatic nitrogens is 1. The highest BCUT2D eigenvalue weighted by Gasteiger charge is 2.18. The van der Waals surface area contributed by atoms with Crippen LogP contribution in [0.3, 0.4) is 0 Å². The van der Waals surface area contributed by atoms with Gasteiger partial charge in [-0.2, -0.15) is 0 Å². The second kappa shape index (κ2) is 4.70. The number of hydrogen-bond donors (Lipinski definition) is 2. The van der Waals surface area contributed by atoms with Crippen LogP contribution in [0.15, 0.2) is 48.7 Å². The first kappa shape index (κ1) is 11.7. The highest BCUT2D eigenvalue weighted by atomic mass is 32.1. The molecule has 0 aliphatic heterocycles. The fraction of sp³-hybridized carbons (Fsp3) is 0. The summed E-state index contributed by atoms with van der Waals surface area (Å²) in [4.78, 5) is 17.2. The Balaban J connectivity index is 1.96. The largest absolute Gasteiger partial charge is 0.506 e. The molecule has 0 spiro atoms. The third-order valence-corrected chi connectivity index (χ3v) is 3.78. The Morgan fingerprint density at radius 3 is 2.68 bits per heavy atom. The van der Waals surface area contributed by atoms with Gasteiger partial charge in [-0.05, 0) is 24.3 Å². The Morgan fingerprint density at radius 2 is 1.95 bits per heavy atom. The third-order valence-electron chi connectivity index (χ3n) is 2.68. The maximum absolute atomic E-state index is 12.1. The van der Waals surface area contributed by atoms with E-state index in [1.54, 1.807) is 30.5 Å². The average Bonchev–Trinajstić information content (AvgIpc) is 2.78. The molecule has 2 heterocycles. The molecule has 0 saturated heterocycles. The number of aromatic hydroxyl groups is 1. The van der Waals surface area contributed by atoms with Crippen molar-refractivity contribution in [2.75, 3.05) is 5.32 Å². The minimum Gasteiger partial charge on any atom is -0.506 e. The van der Waals surface area contributed by atoms with Crippen LogP contribution in [0.1, 0.15) is 9.67 Å². The summed E-state index contributed by atoms with van der Waals surface area (Å²) in [5, 5.41) is 13.4. The summed E-state index contributed by atoms with van der Waals surface area (Å²) >= 11 is 1.18. The minimum absolute atomic E-state index is 0.0125. The van der Waals surface area contributed by atoms with Gasteiger partial charge in [0.15, 0.2) is 0 Å². The third kappa shape index (κ3) is 2.15. The van der Waals surface area contributed by atoms with E-state index in [1.807, 2.05) is 18.2 Å². The molecule has 1 amide bonds. The molecule has 0 aliphatic carbocycles. The summed E-state index contributed by atoms with van der Waals surface area (Å²) in [5.74, 6) is -0.340. The van der Waals surface area contributed by atoms with Crippen molar-refractivity contribution >= 4 is 33.1 Å². The standard InChI is InChI=1S/C14H10N2O2S/c17-11-10-7-4-8-15-14(10)19-12(11)13(18)16-9-5-2-1-3-6-9/h1-8,17H,(H,16,18). The molecule has 0 bridgehead atoms. The summed E-state index contributed by atoms with van der Waals surface area (Å²) in [6, 6.07) is 12.6. The van der Waals surface area contributed by atoms with Gasteiger partial charge in [0.05, 0.1) is 5.39 Å². The van der Waals surface area contributed by atoms with E-state index in [0.29, 0.717) is 15.9 Å². The van der Waals surface area contributed by atoms with E-state index >= 15 is 0 Å². The highest BCUT2D eigenvalue weighted by Crippen LogP contribution is 2.35. The zero-order chi connectivity index (χ0) is 13.2. The summed E-state index contributed by atoms with van der Waals surface area (Å²) < 4.78 is 0. The van der Waals surface area contributed by atoms with Gasteiger partial charge in [-0.3, -0.25) is 4.79 Å². The van der Waals surface area contributed by atoms with E-state index in [9.17, 15) is 9.90 Å². The van der Waals surface area contributed by atoms with E-state index in [1.165, 1.54) is 11.3 Å². The molecule has 94 valence electrons. The van der Waals surface area contributed by atoms with E-state index in [2.05, 4.69) is 10.3 Å². The van der Waals surface area contributed by atoms with E-state index in [4.69, 9.17) is 0 Å². The Morgan fingerprint density at radius 1 is 1.16 bits per heavy atom. The van der Waals surface area contributed by atoms with Crippen LogP contribution in [0.25, 0.3) is 10.2 Å². The Hall–Kier alpha value is -2.40. The molecular weight excluding hydrogens is 260 g/mol. The van der Waals surface area contributed by atoms with Gasteiger partial charge in [0.25, 0.3) is 5.91 Å².